The molecule has 2 amide bonds. The van der Waals surface area contributed by atoms with Gasteiger partial charge in [0.1, 0.15) is 0 Å². The maximum absolute atomic E-state index is 11.4. The molecule has 3 heteroatoms. The smallest absolute Gasteiger partial charge is 0.318 e. The first-order valence-electron chi connectivity index (χ1n) is 4.88. The fourth-order valence-electron chi connectivity index (χ4n) is 1.77. The summed E-state index contributed by atoms with van der Waals surface area (Å²) < 4.78 is 0. The van der Waals surface area contributed by atoms with E-state index >= 15 is 0 Å². The van der Waals surface area contributed by atoms with Crippen LogP contribution >= 0.6 is 0 Å². The first-order chi connectivity index (χ1) is 6.79. The lowest BCUT2D eigenvalue weighted by atomic mass is 10.1. The molecule has 14 heavy (non-hydrogen) atoms. The van der Waals surface area contributed by atoms with Crippen molar-refractivity contribution in [3.63, 3.8) is 0 Å². The van der Waals surface area contributed by atoms with Crippen molar-refractivity contribution < 1.29 is 4.79 Å². The molecule has 1 aromatic carbocycles. The van der Waals surface area contributed by atoms with Gasteiger partial charge in [-0.2, -0.15) is 0 Å². The highest BCUT2D eigenvalue weighted by Gasteiger charge is 2.25. The van der Waals surface area contributed by atoms with Crippen molar-refractivity contribution in [3.05, 3.63) is 35.9 Å². The third-order valence-corrected chi connectivity index (χ3v) is 2.64. The molecule has 3 nitrogen and oxygen atoms in total. The second-order valence-corrected chi connectivity index (χ2v) is 3.51. The molecule has 1 aliphatic heterocycles. The summed E-state index contributed by atoms with van der Waals surface area (Å²) in [6, 6.07) is 10.3. The number of benzene rings is 1. The van der Waals surface area contributed by atoms with Crippen LogP contribution in [-0.4, -0.2) is 24.0 Å². The number of hydrogen-bond acceptors (Lipinski definition) is 1. The van der Waals surface area contributed by atoms with Crippen molar-refractivity contribution in [1.29, 1.82) is 0 Å². The van der Waals surface area contributed by atoms with E-state index in [-0.39, 0.29) is 12.1 Å². The topological polar surface area (TPSA) is 32.3 Å². The molecule has 1 atom stereocenters. The van der Waals surface area contributed by atoms with Gasteiger partial charge in [0.2, 0.25) is 0 Å². The second-order valence-electron chi connectivity index (χ2n) is 3.51. The largest absolute Gasteiger partial charge is 0.336 e. The molecular weight excluding hydrogens is 176 g/mol. The van der Waals surface area contributed by atoms with E-state index in [9.17, 15) is 4.79 Å². The minimum absolute atomic E-state index is 0.0429. The zero-order valence-electron chi connectivity index (χ0n) is 8.23. The van der Waals surface area contributed by atoms with Gasteiger partial charge in [-0.1, -0.05) is 30.3 Å². The first kappa shape index (κ1) is 9.06. The Balaban J connectivity index is 2.16. The number of nitrogens with zero attached hydrogens (tertiary/aromatic N) is 1. The maximum Gasteiger partial charge on any atom is 0.318 e. The number of carbonyl (C=O) groups excluding carboxylic acids is 1. The Labute approximate surface area is 83.7 Å². The predicted octanol–water partition coefficient (Wildman–Crippen LogP) is 1.77. The minimum atomic E-state index is 0.0429. The van der Waals surface area contributed by atoms with Gasteiger partial charge in [-0.05, 0) is 12.5 Å². The van der Waals surface area contributed by atoms with E-state index in [4.69, 9.17) is 0 Å². The number of carbonyl (C=O) groups is 1. The van der Waals surface area contributed by atoms with Crippen molar-refractivity contribution in [2.45, 2.75) is 13.0 Å². The fraction of sp³-hybridized carbons (Fsp3) is 0.364. The van der Waals surface area contributed by atoms with E-state index in [1.807, 2.05) is 23.1 Å². The summed E-state index contributed by atoms with van der Waals surface area (Å²) in [7, 11) is 0. The first-order valence-corrected chi connectivity index (χ1v) is 4.88. The van der Waals surface area contributed by atoms with E-state index < -0.39 is 0 Å². The van der Waals surface area contributed by atoms with E-state index in [0.717, 1.165) is 13.1 Å². The molecule has 0 unspecified atom stereocenters. The molecule has 0 aliphatic carbocycles. The highest BCUT2D eigenvalue weighted by atomic mass is 16.2. The van der Waals surface area contributed by atoms with Crippen LogP contribution in [0.1, 0.15) is 18.5 Å². The van der Waals surface area contributed by atoms with Crippen LogP contribution < -0.4 is 5.32 Å². The highest BCUT2D eigenvalue weighted by Crippen LogP contribution is 2.20. The van der Waals surface area contributed by atoms with Crippen molar-refractivity contribution in [3.8, 4) is 0 Å². The van der Waals surface area contributed by atoms with Crippen molar-refractivity contribution >= 4 is 6.03 Å². The van der Waals surface area contributed by atoms with E-state index in [1.165, 1.54) is 5.56 Å². The second kappa shape index (κ2) is 3.70. The molecule has 0 bridgehead atoms. The normalized spacial score (nSPS) is 18.1. The Morgan fingerprint density at radius 3 is 2.64 bits per heavy atom. The summed E-state index contributed by atoms with van der Waals surface area (Å²) in [5.74, 6) is 0. The third kappa shape index (κ3) is 1.58. The average Bonchev–Trinajstić information content (AvgIpc) is 2.65. The Morgan fingerprint density at radius 2 is 2.07 bits per heavy atom. The summed E-state index contributed by atoms with van der Waals surface area (Å²) in [5.41, 5.74) is 1.18. The summed E-state index contributed by atoms with van der Waals surface area (Å²) in [6.07, 6.45) is 0. The average molecular weight is 190 g/mol. The molecule has 1 aliphatic rings. The molecule has 2 rings (SSSR count). The molecular formula is C11H14N2O. The monoisotopic (exact) mass is 190 g/mol. The SMILES string of the molecule is C[C@@H](c1ccccc1)N1CCNC1=O. The predicted molar refractivity (Wildman–Crippen MR) is 55.0 cm³/mol. The lowest BCUT2D eigenvalue weighted by Crippen LogP contribution is -2.30. The number of amides is 2. The lowest BCUT2D eigenvalue weighted by molar-refractivity contribution is 0.202. The maximum atomic E-state index is 11.4. The van der Waals surface area contributed by atoms with Gasteiger partial charge in [0, 0.05) is 13.1 Å². The Kier molecular flexibility index (Phi) is 2.39. The Hall–Kier alpha value is -1.51. The number of rotatable bonds is 2. The van der Waals surface area contributed by atoms with Crippen LogP contribution in [-0.2, 0) is 0 Å². The van der Waals surface area contributed by atoms with Crippen molar-refractivity contribution in [2.75, 3.05) is 13.1 Å². The van der Waals surface area contributed by atoms with Gasteiger partial charge in [-0.3, -0.25) is 0 Å². The van der Waals surface area contributed by atoms with Gasteiger partial charge in [-0.15, -0.1) is 0 Å². The van der Waals surface area contributed by atoms with Crippen LogP contribution in [0, 0.1) is 0 Å². The zero-order valence-corrected chi connectivity index (χ0v) is 8.23. The zero-order chi connectivity index (χ0) is 9.97. The third-order valence-electron chi connectivity index (χ3n) is 2.64. The molecule has 0 saturated carbocycles. The Bertz CT molecular complexity index is 323. The van der Waals surface area contributed by atoms with Gasteiger partial charge in [0.05, 0.1) is 6.04 Å². The van der Waals surface area contributed by atoms with Crippen molar-refractivity contribution in [2.24, 2.45) is 0 Å². The van der Waals surface area contributed by atoms with E-state index in [1.54, 1.807) is 0 Å². The van der Waals surface area contributed by atoms with Crippen LogP contribution in [0.25, 0.3) is 0 Å². The summed E-state index contributed by atoms with van der Waals surface area (Å²) in [5, 5.41) is 2.81. The summed E-state index contributed by atoms with van der Waals surface area (Å²) in [4.78, 5) is 13.3. The van der Waals surface area contributed by atoms with Crippen molar-refractivity contribution in [1.82, 2.24) is 10.2 Å². The number of nitrogens with one attached hydrogen (secondary N) is 1. The Morgan fingerprint density at radius 1 is 1.36 bits per heavy atom. The quantitative estimate of drug-likeness (QED) is 0.757. The van der Waals surface area contributed by atoms with Crippen LogP contribution in [0.5, 0.6) is 0 Å². The summed E-state index contributed by atoms with van der Waals surface area (Å²) in [6.45, 7) is 3.62. The van der Waals surface area contributed by atoms with E-state index in [2.05, 4.69) is 24.4 Å². The van der Waals surface area contributed by atoms with Gasteiger partial charge in [0.15, 0.2) is 0 Å². The molecule has 1 fully saturated rings. The van der Waals surface area contributed by atoms with Crippen LogP contribution in [0.2, 0.25) is 0 Å². The molecule has 1 saturated heterocycles. The van der Waals surface area contributed by atoms with Gasteiger partial charge >= 0.3 is 6.03 Å². The molecule has 0 spiro atoms. The molecule has 0 radical (unpaired) electrons. The fourth-order valence-corrected chi connectivity index (χ4v) is 1.77. The standard InChI is InChI=1S/C11H14N2O/c1-9(10-5-3-2-4-6-10)13-8-7-12-11(13)14/h2-6,9H,7-8H2,1H3,(H,12,14)/t9-/m0/s1. The van der Waals surface area contributed by atoms with Crippen LogP contribution in [0.3, 0.4) is 0 Å². The van der Waals surface area contributed by atoms with Crippen LogP contribution in [0.15, 0.2) is 30.3 Å². The number of hydrogen-bond donors (Lipinski definition) is 1. The molecule has 0 aromatic heterocycles. The molecule has 1 N–H and O–H groups in total. The van der Waals surface area contributed by atoms with E-state index in [0.29, 0.717) is 0 Å². The van der Waals surface area contributed by atoms with Crippen LogP contribution in [0.4, 0.5) is 4.79 Å². The molecule has 74 valence electrons. The lowest BCUT2D eigenvalue weighted by Gasteiger charge is -2.23. The molecule has 1 aromatic rings. The number of urea groups is 1. The highest BCUT2D eigenvalue weighted by molar-refractivity contribution is 5.76. The van der Waals surface area contributed by atoms with Gasteiger partial charge in [-0.25, -0.2) is 4.79 Å². The van der Waals surface area contributed by atoms with Gasteiger partial charge in [0.25, 0.3) is 0 Å². The van der Waals surface area contributed by atoms with Gasteiger partial charge < -0.3 is 10.2 Å². The summed E-state index contributed by atoms with van der Waals surface area (Å²) >= 11 is 0. The molecule has 1 heterocycles. The minimum Gasteiger partial charge on any atom is -0.336 e.